The van der Waals surface area contributed by atoms with E-state index in [9.17, 15) is 4.79 Å². The highest BCUT2D eigenvalue weighted by molar-refractivity contribution is 5.99. The molecule has 1 N–H and O–H groups in total. The van der Waals surface area contributed by atoms with Crippen LogP contribution >= 0.6 is 0 Å². The second kappa shape index (κ2) is 2.76. The minimum atomic E-state index is -0.0126. The van der Waals surface area contributed by atoms with E-state index in [4.69, 9.17) is 4.74 Å². The second-order valence-corrected chi connectivity index (χ2v) is 3.15. The lowest BCUT2D eigenvalue weighted by Gasteiger charge is -2.03. The minimum absolute atomic E-state index is 0.0126. The molecule has 0 saturated carbocycles. The van der Waals surface area contributed by atoms with Crippen molar-refractivity contribution < 1.29 is 9.53 Å². The van der Waals surface area contributed by atoms with E-state index in [0.717, 1.165) is 16.9 Å². The first-order valence-corrected chi connectivity index (χ1v) is 4.21. The molecule has 1 aromatic rings. The van der Waals surface area contributed by atoms with Crippen LogP contribution in [-0.4, -0.2) is 13.0 Å². The Morgan fingerprint density at radius 3 is 2.92 bits per heavy atom. The van der Waals surface area contributed by atoms with Gasteiger partial charge in [0.2, 0.25) is 0 Å². The largest absolute Gasteiger partial charge is 0.497 e. The Balaban J connectivity index is 2.52. The Bertz CT molecular complexity index is 360. The smallest absolute Gasteiger partial charge is 0.252 e. The summed E-state index contributed by atoms with van der Waals surface area (Å²) in [6.07, 6.45) is 0. The average Bonchev–Trinajstić information content (AvgIpc) is 2.42. The van der Waals surface area contributed by atoms with E-state index < -0.39 is 0 Å². The van der Waals surface area contributed by atoms with Crippen LogP contribution in [0.2, 0.25) is 0 Å². The molecular weight excluding hydrogens is 166 g/mol. The molecular formula is C10H11NO2. The van der Waals surface area contributed by atoms with Crippen LogP contribution in [0, 0.1) is 0 Å². The summed E-state index contributed by atoms with van der Waals surface area (Å²) in [5.41, 5.74) is 1.78. The quantitative estimate of drug-likeness (QED) is 0.706. The summed E-state index contributed by atoms with van der Waals surface area (Å²) in [5.74, 6) is 0.712. The Morgan fingerprint density at radius 2 is 2.23 bits per heavy atom. The first kappa shape index (κ1) is 8.10. The van der Waals surface area contributed by atoms with Gasteiger partial charge in [-0.25, -0.2) is 0 Å². The van der Waals surface area contributed by atoms with Gasteiger partial charge in [-0.3, -0.25) is 4.79 Å². The van der Waals surface area contributed by atoms with Gasteiger partial charge in [-0.15, -0.1) is 0 Å². The van der Waals surface area contributed by atoms with Crippen molar-refractivity contribution in [2.45, 2.75) is 13.0 Å². The number of benzene rings is 1. The molecule has 1 amide bonds. The summed E-state index contributed by atoms with van der Waals surface area (Å²) in [5, 5.41) is 2.84. The fourth-order valence-corrected chi connectivity index (χ4v) is 1.59. The van der Waals surface area contributed by atoms with Gasteiger partial charge < -0.3 is 10.1 Å². The van der Waals surface area contributed by atoms with E-state index in [0.29, 0.717) is 0 Å². The van der Waals surface area contributed by atoms with Gasteiger partial charge in [0.05, 0.1) is 13.2 Å². The molecule has 3 nitrogen and oxygen atoms in total. The third kappa shape index (κ3) is 1.16. The maximum absolute atomic E-state index is 11.4. The number of ether oxygens (including phenoxy) is 1. The maximum Gasteiger partial charge on any atom is 0.252 e. The Morgan fingerprint density at radius 1 is 1.46 bits per heavy atom. The Hall–Kier alpha value is -1.51. The third-order valence-electron chi connectivity index (χ3n) is 2.32. The topological polar surface area (TPSA) is 38.3 Å². The Labute approximate surface area is 76.7 Å². The predicted octanol–water partition coefficient (Wildman–Crippen LogP) is 1.50. The summed E-state index contributed by atoms with van der Waals surface area (Å²) < 4.78 is 5.04. The van der Waals surface area contributed by atoms with Gasteiger partial charge in [0, 0.05) is 5.56 Å². The van der Waals surface area contributed by atoms with Crippen LogP contribution < -0.4 is 10.1 Å². The van der Waals surface area contributed by atoms with E-state index in [1.807, 2.05) is 19.1 Å². The van der Waals surface area contributed by atoms with Crippen molar-refractivity contribution in [1.29, 1.82) is 0 Å². The number of amides is 1. The van der Waals surface area contributed by atoms with Crippen molar-refractivity contribution in [3.63, 3.8) is 0 Å². The van der Waals surface area contributed by atoms with Crippen LogP contribution in [0.4, 0.5) is 0 Å². The van der Waals surface area contributed by atoms with E-state index in [1.165, 1.54) is 0 Å². The first-order valence-electron chi connectivity index (χ1n) is 4.21. The van der Waals surface area contributed by atoms with Crippen LogP contribution in [0.15, 0.2) is 18.2 Å². The molecule has 1 aliphatic rings. The van der Waals surface area contributed by atoms with Crippen molar-refractivity contribution in [2.24, 2.45) is 0 Å². The number of fused-ring (bicyclic) bond motifs is 1. The molecule has 0 saturated heterocycles. The number of methoxy groups -OCH3 is 1. The molecule has 0 radical (unpaired) electrons. The predicted molar refractivity (Wildman–Crippen MR) is 48.9 cm³/mol. The lowest BCUT2D eigenvalue weighted by molar-refractivity contribution is 0.0958. The number of carbonyl (C=O) groups excluding carboxylic acids is 1. The lowest BCUT2D eigenvalue weighted by atomic mass is 10.1. The standard InChI is InChI=1S/C10H11NO2/c1-6-8-4-3-7(13-2)5-9(8)10(12)11-6/h3-6H,1-2H3,(H,11,12). The molecule has 1 unspecified atom stereocenters. The van der Waals surface area contributed by atoms with Gasteiger partial charge >= 0.3 is 0 Å². The highest BCUT2D eigenvalue weighted by Gasteiger charge is 2.25. The highest BCUT2D eigenvalue weighted by atomic mass is 16.5. The first-order chi connectivity index (χ1) is 6.22. The van der Waals surface area contributed by atoms with Gasteiger partial charge in [-0.05, 0) is 24.6 Å². The average molecular weight is 177 g/mol. The molecule has 13 heavy (non-hydrogen) atoms. The van der Waals surface area contributed by atoms with Gasteiger partial charge in [0.15, 0.2) is 0 Å². The van der Waals surface area contributed by atoms with Crippen LogP contribution in [0.25, 0.3) is 0 Å². The van der Waals surface area contributed by atoms with Crippen LogP contribution in [0.3, 0.4) is 0 Å². The van der Waals surface area contributed by atoms with Crippen molar-refractivity contribution in [3.8, 4) is 5.75 Å². The Kier molecular flexibility index (Phi) is 1.72. The fourth-order valence-electron chi connectivity index (χ4n) is 1.59. The van der Waals surface area contributed by atoms with Gasteiger partial charge in [0.1, 0.15) is 5.75 Å². The highest BCUT2D eigenvalue weighted by Crippen LogP contribution is 2.27. The number of hydrogen-bond acceptors (Lipinski definition) is 2. The SMILES string of the molecule is COc1ccc2c(c1)C(=O)NC2C. The minimum Gasteiger partial charge on any atom is -0.497 e. The number of nitrogens with one attached hydrogen (secondary N) is 1. The van der Waals surface area contributed by atoms with Crippen molar-refractivity contribution in [3.05, 3.63) is 29.3 Å². The molecule has 68 valence electrons. The molecule has 0 spiro atoms. The van der Waals surface area contributed by atoms with Gasteiger partial charge in [-0.2, -0.15) is 0 Å². The molecule has 3 heteroatoms. The van der Waals surface area contributed by atoms with Gasteiger partial charge in [-0.1, -0.05) is 6.07 Å². The maximum atomic E-state index is 11.4. The molecule has 0 bridgehead atoms. The summed E-state index contributed by atoms with van der Waals surface area (Å²) in [7, 11) is 1.60. The van der Waals surface area contributed by atoms with Crippen molar-refractivity contribution >= 4 is 5.91 Å². The summed E-state index contributed by atoms with van der Waals surface area (Å²) in [4.78, 5) is 11.4. The van der Waals surface area contributed by atoms with E-state index in [2.05, 4.69) is 5.32 Å². The summed E-state index contributed by atoms with van der Waals surface area (Å²) >= 11 is 0. The zero-order chi connectivity index (χ0) is 9.42. The number of rotatable bonds is 1. The van der Waals surface area contributed by atoms with Crippen LogP contribution in [0.5, 0.6) is 5.75 Å². The lowest BCUT2D eigenvalue weighted by Crippen LogP contribution is -2.16. The van der Waals surface area contributed by atoms with Crippen LogP contribution in [-0.2, 0) is 0 Å². The second-order valence-electron chi connectivity index (χ2n) is 3.15. The molecule has 0 aliphatic carbocycles. The molecule has 1 atom stereocenters. The molecule has 1 aliphatic heterocycles. The third-order valence-corrected chi connectivity index (χ3v) is 2.32. The zero-order valence-corrected chi connectivity index (χ0v) is 7.63. The van der Waals surface area contributed by atoms with Crippen LogP contribution in [0.1, 0.15) is 28.9 Å². The molecule has 0 fully saturated rings. The molecule has 2 rings (SSSR count). The van der Waals surface area contributed by atoms with Crippen molar-refractivity contribution in [2.75, 3.05) is 7.11 Å². The van der Waals surface area contributed by atoms with E-state index >= 15 is 0 Å². The monoisotopic (exact) mass is 177 g/mol. The molecule has 1 aromatic carbocycles. The van der Waals surface area contributed by atoms with E-state index in [-0.39, 0.29) is 11.9 Å². The van der Waals surface area contributed by atoms with E-state index in [1.54, 1.807) is 13.2 Å². The zero-order valence-electron chi connectivity index (χ0n) is 7.63. The fraction of sp³-hybridized carbons (Fsp3) is 0.300. The van der Waals surface area contributed by atoms with Gasteiger partial charge in [0.25, 0.3) is 5.91 Å². The summed E-state index contributed by atoms with van der Waals surface area (Å²) in [6.45, 7) is 1.97. The summed E-state index contributed by atoms with van der Waals surface area (Å²) in [6, 6.07) is 5.69. The van der Waals surface area contributed by atoms with Crippen molar-refractivity contribution in [1.82, 2.24) is 5.32 Å². The molecule has 1 heterocycles. The normalized spacial score (nSPS) is 19.5. The number of carbonyl (C=O) groups is 1. The number of hydrogen-bond donors (Lipinski definition) is 1. The molecule has 0 aromatic heterocycles.